The van der Waals surface area contributed by atoms with Gasteiger partial charge in [-0.1, -0.05) is 0 Å². The first-order valence-electron chi connectivity index (χ1n) is 4.62. The van der Waals surface area contributed by atoms with E-state index >= 15 is 0 Å². The summed E-state index contributed by atoms with van der Waals surface area (Å²) >= 11 is 5.29. The van der Waals surface area contributed by atoms with Crippen LogP contribution in [0.5, 0.6) is 0 Å². The van der Waals surface area contributed by atoms with Crippen LogP contribution in [0.25, 0.3) is 0 Å². The molecule has 0 aromatic carbocycles. The summed E-state index contributed by atoms with van der Waals surface area (Å²) in [7, 11) is 1.91. The number of hydrogen-bond acceptors (Lipinski definition) is 3. The second kappa shape index (κ2) is 4.37. The molecule has 0 saturated carbocycles. The van der Waals surface area contributed by atoms with Crippen molar-refractivity contribution in [2.45, 2.75) is 13.5 Å². The van der Waals surface area contributed by atoms with Gasteiger partial charge in [0, 0.05) is 24.7 Å². The fourth-order valence-electron chi connectivity index (χ4n) is 1.31. The van der Waals surface area contributed by atoms with Crippen LogP contribution in [0.2, 0.25) is 0 Å². The maximum Gasteiger partial charge on any atom is 0.0731 e. The van der Waals surface area contributed by atoms with Crippen molar-refractivity contribution in [3.05, 3.63) is 32.7 Å². The lowest BCUT2D eigenvalue weighted by Crippen LogP contribution is -1.95. The van der Waals surface area contributed by atoms with E-state index in [-0.39, 0.29) is 0 Å². The first kappa shape index (κ1) is 10.7. The Hall–Kier alpha value is -0.810. The highest BCUT2D eigenvalue weighted by Crippen LogP contribution is 2.27. The third kappa shape index (κ3) is 2.60. The Balaban J connectivity index is 1.99. The van der Waals surface area contributed by atoms with Crippen molar-refractivity contribution in [3.8, 4) is 0 Å². The first-order valence-corrected chi connectivity index (χ1v) is 6.23. The quantitative estimate of drug-likeness (QED) is 0.939. The standard InChI is InChI=1S/C10H12BrN3S/c1-7-3-9(15-10(7)11)5-12-8-4-13-14(2)6-8/h3-4,6,12H,5H2,1-2H3. The maximum absolute atomic E-state index is 4.10. The molecule has 0 saturated heterocycles. The third-order valence-corrected chi connectivity index (χ3v) is 4.22. The van der Waals surface area contributed by atoms with Crippen LogP contribution in [0.4, 0.5) is 5.69 Å². The predicted octanol–water partition coefficient (Wildman–Crippen LogP) is 3.16. The summed E-state index contributed by atoms with van der Waals surface area (Å²) in [5.74, 6) is 0. The van der Waals surface area contributed by atoms with Gasteiger partial charge in [-0.05, 0) is 34.5 Å². The second-order valence-corrected chi connectivity index (χ2v) is 5.88. The van der Waals surface area contributed by atoms with Crippen LogP contribution in [0, 0.1) is 6.92 Å². The van der Waals surface area contributed by atoms with Crippen LogP contribution in [-0.4, -0.2) is 9.78 Å². The molecule has 0 atom stereocenters. The van der Waals surface area contributed by atoms with Gasteiger partial charge in [-0.2, -0.15) is 5.10 Å². The lowest BCUT2D eigenvalue weighted by molar-refractivity contribution is 0.768. The summed E-state index contributed by atoms with van der Waals surface area (Å²) in [6, 6.07) is 2.19. The molecule has 0 amide bonds. The van der Waals surface area contributed by atoms with Gasteiger partial charge in [-0.3, -0.25) is 4.68 Å². The molecule has 0 aliphatic carbocycles. The second-order valence-electron chi connectivity index (χ2n) is 3.43. The monoisotopic (exact) mass is 285 g/mol. The molecule has 2 aromatic heterocycles. The number of thiophene rings is 1. The molecule has 2 rings (SSSR count). The van der Waals surface area contributed by atoms with E-state index in [4.69, 9.17) is 0 Å². The number of anilines is 1. The molecule has 3 nitrogen and oxygen atoms in total. The van der Waals surface area contributed by atoms with Gasteiger partial charge in [-0.15, -0.1) is 11.3 Å². The highest BCUT2D eigenvalue weighted by molar-refractivity contribution is 9.11. The van der Waals surface area contributed by atoms with Gasteiger partial charge < -0.3 is 5.32 Å². The third-order valence-electron chi connectivity index (χ3n) is 2.08. The summed E-state index contributed by atoms with van der Waals surface area (Å²) in [5.41, 5.74) is 2.35. The van der Waals surface area contributed by atoms with Crippen LogP contribution in [0.1, 0.15) is 10.4 Å². The zero-order chi connectivity index (χ0) is 10.8. The summed E-state index contributed by atoms with van der Waals surface area (Å²) < 4.78 is 3.00. The summed E-state index contributed by atoms with van der Waals surface area (Å²) in [6.07, 6.45) is 3.80. The zero-order valence-electron chi connectivity index (χ0n) is 8.62. The van der Waals surface area contributed by atoms with Gasteiger partial charge >= 0.3 is 0 Å². The van der Waals surface area contributed by atoms with Crippen LogP contribution in [0.15, 0.2) is 22.2 Å². The van der Waals surface area contributed by atoms with Crippen LogP contribution >= 0.6 is 27.3 Å². The van der Waals surface area contributed by atoms with E-state index in [1.165, 1.54) is 14.2 Å². The fourth-order valence-corrected chi connectivity index (χ4v) is 2.88. The molecule has 1 N–H and O–H groups in total. The highest BCUT2D eigenvalue weighted by atomic mass is 79.9. The Morgan fingerprint density at radius 2 is 2.40 bits per heavy atom. The van der Waals surface area contributed by atoms with Gasteiger partial charge in [0.25, 0.3) is 0 Å². The molecule has 15 heavy (non-hydrogen) atoms. The van der Waals surface area contributed by atoms with E-state index in [0.29, 0.717) is 0 Å². The van der Waals surface area contributed by atoms with Crippen molar-refractivity contribution in [2.24, 2.45) is 7.05 Å². The normalized spacial score (nSPS) is 10.6. The molecule has 0 spiro atoms. The van der Waals surface area contributed by atoms with E-state index in [0.717, 1.165) is 12.2 Å². The number of hydrogen-bond donors (Lipinski definition) is 1. The number of nitrogens with one attached hydrogen (secondary N) is 1. The minimum Gasteiger partial charge on any atom is -0.378 e. The molecule has 2 aromatic rings. The molecule has 0 bridgehead atoms. The lowest BCUT2D eigenvalue weighted by atomic mass is 10.3. The van der Waals surface area contributed by atoms with Crippen LogP contribution in [-0.2, 0) is 13.6 Å². The van der Waals surface area contributed by atoms with E-state index in [1.807, 2.05) is 19.4 Å². The molecule has 80 valence electrons. The Labute approximate surface area is 101 Å². The molecule has 0 unspecified atom stereocenters. The van der Waals surface area contributed by atoms with Gasteiger partial charge in [0.05, 0.1) is 15.7 Å². The number of rotatable bonds is 3. The lowest BCUT2D eigenvalue weighted by Gasteiger charge is -1.99. The number of halogens is 1. The number of nitrogens with zero attached hydrogens (tertiary/aromatic N) is 2. The van der Waals surface area contributed by atoms with Crippen molar-refractivity contribution in [3.63, 3.8) is 0 Å². The van der Waals surface area contributed by atoms with Crippen molar-refractivity contribution < 1.29 is 0 Å². The predicted molar refractivity (Wildman–Crippen MR) is 67.3 cm³/mol. The highest BCUT2D eigenvalue weighted by Gasteiger charge is 2.02. The topological polar surface area (TPSA) is 29.9 Å². The smallest absolute Gasteiger partial charge is 0.0731 e. The first-order chi connectivity index (χ1) is 7.15. The summed E-state index contributed by atoms with van der Waals surface area (Å²) in [4.78, 5) is 1.32. The van der Waals surface area contributed by atoms with Gasteiger partial charge in [0.1, 0.15) is 0 Å². The van der Waals surface area contributed by atoms with Gasteiger partial charge in [-0.25, -0.2) is 0 Å². The summed E-state index contributed by atoms with van der Waals surface area (Å²) in [6.45, 7) is 2.96. The van der Waals surface area contributed by atoms with Crippen LogP contribution in [0.3, 0.4) is 0 Å². The van der Waals surface area contributed by atoms with Crippen molar-refractivity contribution in [1.82, 2.24) is 9.78 Å². The minimum atomic E-state index is 0.850. The van der Waals surface area contributed by atoms with Crippen molar-refractivity contribution in [1.29, 1.82) is 0 Å². The number of aromatic nitrogens is 2. The van der Waals surface area contributed by atoms with E-state index < -0.39 is 0 Å². The van der Waals surface area contributed by atoms with Gasteiger partial charge in [0.15, 0.2) is 0 Å². The molecule has 0 fully saturated rings. The number of aryl methyl sites for hydroxylation is 2. The molecule has 0 radical (unpaired) electrons. The average Bonchev–Trinajstić information content (AvgIpc) is 2.72. The fraction of sp³-hybridized carbons (Fsp3) is 0.300. The zero-order valence-corrected chi connectivity index (χ0v) is 11.0. The average molecular weight is 286 g/mol. The van der Waals surface area contributed by atoms with E-state index in [9.17, 15) is 0 Å². The van der Waals surface area contributed by atoms with Crippen LogP contribution < -0.4 is 5.32 Å². The SMILES string of the molecule is Cc1cc(CNc2cnn(C)c2)sc1Br. The Bertz CT molecular complexity index is 441. The maximum atomic E-state index is 4.10. The molecular formula is C10H12BrN3S. The van der Waals surface area contributed by atoms with E-state index in [2.05, 4.69) is 39.3 Å². The summed E-state index contributed by atoms with van der Waals surface area (Å²) in [5, 5.41) is 7.43. The Morgan fingerprint density at radius 1 is 1.60 bits per heavy atom. The molecule has 0 aliphatic rings. The van der Waals surface area contributed by atoms with E-state index in [1.54, 1.807) is 16.0 Å². The molecule has 2 heterocycles. The van der Waals surface area contributed by atoms with Crippen molar-refractivity contribution in [2.75, 3.05) is 5.32 Å². The van der Waals surface area contributed by atoms with Gasteiger partial charge in [0.2, 0.25) is 0 Å². The molecular weight excluding hydrogens is 274 g/mol. The Kier molecular flexibility index (Phi) is 3.11. The minimum absolute atomic E-state index is 0.850. The molecule has 5 heteroatoms. The largest absolute Gasteiger partial charge is 0.378 e. The van der Waals surface area contributed by atoms with Crippen molar-refractivity contribution >= 4 is 33.0 Å². The Morgan fingerprint density at radius 3 is 2.93 bits per heavy atom. The molecule has 0 aliphatic heterocycles.